The molecule has 0 bridgehead atoms. The monoisotopic (exact) mass is 300 g/mol. The van der Waals surface area contributed by atoms with E-state index in [4.69, 9.17) is 10.5 Å². The van der Waals surface area contributed by atoms with Gasteiger partial charge in [-0.3, -0.25) is 4.79 Å². The normalized spacial score (nSPS) is 10.5. The van der Waals surface area contributed by atoms with E-state index in [0.717, 1.165) is 15.8 Å². The average molecular weight is 300 g/mol. The number of anilines is 2. The van der Waals surface area contributed by atoms with Crippen molar-refractivity contribution in [3.63, 3.8) is 0 Å². The Morgan fingerprint density at radius 3 is 2.81 bits per heavy atom. The molecule has 3 rings (SSSR count). The van der Waals surface area contributed by atoms with Crippen LogP contribution in [0.3, 0.4) is 0 Å². The van der Waals surface area contributed by atoms with Crippen LogP contribution in [0.2, 0.25) is 0 Å². The van der Waals surface area contributed by atoms with E-state index in [1.165, 1.54) is 30.1 Å². The molecule has 21 heavy (non-hydrogen) atoms. The van der Waals surface area contributed by atoms with E-state index in [0.29, 0.717) is 16.3 Å². The third kappa shape index (κ3) is 2.50. The molecule has 0 saturated heterocycles. The van der Waals surface area contributed by atoms with Gasteiger partial charge in [-0.1, -0.05) is 0 Å². The summed E-state index contributed by atoms with van der Waals surface area (Å²) in [5, 5.41) is 3.57. The molecular formula is C14H12N4O2S. The highest BCUT2D eigenvalue weighted by Crippen LogP contribution is 2.36. The smallest absolute Gasteiger partial charge is 0.267 e. The van der Waals surface area contributed by atoms with Crippen LogP contribution in [0, 0.1) is 0 Å². The fraction of sp³-hybridized carbons (Fsp3) is 0.0714. The number of methoxy groups -OCH3 is 1. The van der Waals surface area contributed by atoms with Gasteiger partial charge in [0, 0.05) is 10.1 Å². The van der Waals surface area contributed by atoms with E-state index in [1.54, 1.807) is 7.11 Å². The Bertz CT molecular complexity index is 801. The zero-order chi connectivity index (χ0) is 14.8. The first-order valence-electron chi connectivity index (χ1n) is 6.11. The second kappa shape index (κ2) is 5.37. The van der Waals surface area contributed by atoms with Gasteiger partial charge in [0.15, 0.2) is 0 Å². The van der Waals surface area contributed by atoms with E-state index in [9.17, 15) is 4.79 Å². The van der Waals surface area contributed by atoms with Gasteiger partial charge in [-0.2, -0.15) is 0 Å². The molecule has 0 fully saturated rings. The Hall–Kier alpha value is -2.67. The lowest BCUT2D eigenvalue weighted by molar-refractivity contribution is 0.103. The predicted octanol–water partition coefficient (Wildman–Crippen LogP) is 2.53. The molecule has 6 nitrogen and oxygen atoms in total. The zero-order valence-corrected chi connectivity index (χ0v) is 12.0. The molecule has 0 atom stereocenters. The van der Waals surface area contributed by atoms with Gasteiger partial charge in [0.05, 0.1) is 30.9 Å². The van der Waals surface area contributed by atoms with E-state index in [2.05, 4.69) is 15.3 Å². The van der Waals surface area contributed by atoms with Crippen LogP contribution in [0.4, 0.5) is 11.4 Å². The van der Waals surface area contributed by atoms with Crippen molar-refractivity contribution in [2.24, 2.45) is 0 Å². The van der Waals surface area contributed by atoms with Crippen LogP contribution in [0.25, 0.3) is 10.1 Å². The van der Waals surface area contributed by atoms with Gasteiger partial charge < -0.3 is 15.8 Å². The van der Waals surface area contributed by atoms with Crippen molar-refractivity contribution in [1.82, 2.24) is 9.97 Å². The number of ether oxygens (including phenoxy) is 1. The summed E-state index contributed by atoms with van der Waals surface area (Å²) in [6.07, 6.45) is 4.45. The Balaban J connectivity index is 1.96. The molecule has 2 aromatic heterocycles. The molecule has 1 aromatic carbocycles. The number of nitrogen functional groups attached to an aromatic ring is 1. The van der Waals surface area contributed by atoms with E-state index in [1.807, 2.05) is 18.2 Å². The van der Waals surface area contributed by atoms with Crippen molar-refractivity contribution >= 4 is 38.7 Å². The summed E-state index contributed by atoms with van der Waals surface area (Å²) < 4.78 is 6.08. The molecule has 0 spiro atoms. The van der Waals surface area contributed by atoms with Crippen LogP contribution in [-0.4, -0.2) is 23.0 Å². The molecule has 106 valence electrons. The van der Waals surface area contributed by atoms with Gasteiger partial charge in [-0.05, 0) is 18.2 Å². The van der Waals surface area contributed by atoms with Crippen LogP contribution in [0.15, 0.2) is 36.9 Å². The summed E-state index contributed by atoms with van der Waals surface area (Å²) in [6, 6.07) is 5.53. The van der Waals surface area contributed by atoms with Crippen molar-refractivity contribution in [2.75, 3.05) is 18.2 Å². The molecule has 0 radical (unpaired) electrons. The number of benzene rings is 1. The number of fused-ring (bicyclic) bond motifs is 1. The van der Waals surface area contributed by atoms with Gasteiger partial charge in [-0.15, -0.1) is 11.3 Å². The highest BCUT2D eigenvalue weighted by Gasteiger charge is 2.17. The molecule has 0 aliphatic heterocycles. The summed E-state index contributed by atoms with van der Waals surface area (Å²) in [5.74, 6) is 0.453. The minimum Gasteiger partial charge on any atom is -0.497 e. The summed E-state index contributed by atoms with van der Waals surface area (Å²) in [7, 11) is 1.60. The van der Waals surface area contributed by atoms with Crippen molar-refractivity contribution in [1.29, 1.82) is 0 Å². The van der Waals surface area contributed by atoms with Gasteiger partial charge in [0.1, 0.15) is 17.0 Å². The number of carbonyl (C=O) groups is 1. The zero-order valence-electron chi connectivity index (χ0n) is 11.2. The second-order valence-electron chi connectivity index (χ2n) is 4.29. The third-order valence-corrected chi connectivity index (χ3v) is 4.13. The van der Waals surface area contributed by atoms with E-state index in [-0.39, 0.29) is 5.91 Å². The quantitative estimate of drug-likeness (QED) is 0.775. The molecule has 1 amide bonds. The number of nitrogens with two attached hydrogens (primary N) is 1. The van der Waals surface area contributed by atoms with Gasteiger partial charge in [0.2, 0.25) is 0 Å². The lowest BCUT2D eigenvalue weighted by Gasteiger charge is -2.02. The first kappa shape index (κ1) is 13.3. The Morgan fingerprint density at radius 2 is 2.10 bits per heavy atom. The molecule has 0 aliphatic carbocycles. The maximum Gasteiger partial charge on any atom is 0.267 e. The van der Waals surface area contributed by atoms with Gasteiger partial charge in [0.25, 0.3) is 5.91 Å². The minimum atomic E-state index is -0.275. The number of carbonyl (C=O) groups excluding carboxylic acids is 1. The second-order valence-corrected chi connectivity index (χ2v) is 5.34. The van der Waals surface area contributed by atoms with Crippen molar-refractivity contribution in [2.45, 2.75) is 0 Å². The number of rotatable bonds is 3. The van der Waals surface area contributed by atoms with Gasteiger partial charge >= 0.3 is 0 Å². The number of hydrogen-bond donors (Lipinski definition) is 2. The Labute approximate surface area is 124 Å². The fourth-order valence-corrected chi connectivity index (χ4v) is 2.99. The predicted molar refractivity (Wildman–Crippen MR) is 82.8 cm³/mol. The van der Waals surface area contributed by atoms with E-state index < -0.39 is 0 Å². The fourth-order valence-electron chi connectivity index (χ4n) is 1.94. The number of amides is 1. The van der Waals surface area contributed by atoms with Crippen LogP contribution < -0.4 is 15.8 Å². The van der Waals surface area contributed by atoms with Crippen molar-refractivity contribution in [3.05, 3.63) is 41.8 Å². The maximum absolute atomic E-state index is 12.3. The lowest BCUT2D eigenvalue weighted by atomic mass is 10.2. The van der Waals surface area contributed by atoms with Crippen LogP contribution >= 0.6 is 11.3 Å². The van der Waals surface area contributed by atoms with Crippen LogP contribution in [0.5, 0.6) is 5.75 Å². The summed E-state index contributed by atoms with van der Waals surface area (Å²) in [5.41, 5.74) is 7.05. The van der Waals surface area contributed by atoms with Gasteiger partial charge in [-0.25, -0.2) is 9.97 Å². The van der Waals surface area contributed by atoms with E-state index >= 15 is 0 Å². The number of nitrogens with one attached hydrogen (secondary N) is 1. The molecule has 3 aromatic rings. The maximum atomic E-state index is 12.3. The first-order valence-corrected chi connectivity index (χ1v) is 6.93. The number of aromatic nitrogens is 2. The SMILES string of the molecule is COc1ccc2c(N)c(C(=O)Nc3cncnc3)sc2c1. The summed E-state index contributed by atoms with van der Waals surface area (Å²) in [6.45, 7) is 0. The molecule has 3 N–H and O–H groups in total. The number of hydrogen-bond acceptors (Lipinski definition) is 6. The van der Waals surface area contributed by atoms with Crippen molar-refractivity contribution in [3.8, 4) is 5.75 Å². The van der Waals surface area contributed by atoms with Crippen LogP contribution in [-0.2, 0) is 0 Å². The molecule has 2 heterocycles. The summed E-state index contributed by atoms with van der Waals surface area (Å²) >= 11 is 1.32. The average Bonchev–Trinajstić information content (AvgIpc) is 2.85. The minimum absolute atomic E-state index is 0.275. The largest absolute Gasteiger partial charge is 0.497 e. The molecule has 0 unspecified atom stereocenters. The molecule has 0 aliphatic rings. The number of nitrogens with zero attached hydrogens (tertiary/aromatic N) is 2. The van der Waals surface area contributed by atoms with Crippen molar-refractivity contribution < 1.29 is 9.53 Å². The Kier molecular flexibility index (Phi) is 3.41. The highest BCUT2D eigenvalue weighted by molar-refractivity contribution is 7.21. The highest BCUT2D eigenvalue weighted by atomic mass is 32.1. The third-order valence-electron chi connectivity index (χ3n) is 2.96. The standard InChI is InChI=1S/C14H12N4O2S/c1-20-9-2-3-10-11(4-9)21-13(12(10)15)14(19)18-8-5-16-7-17-6-8/h2-7H,15H2,1H3,(H,18,19). The molecule has 0 saturated carbocycles. The number of thiophene rings is 1. The Morgan fingerprint density at radius 1 is 1.33 bits per heavy atom. The topological polar surface area (TPSA) is 90.1 Å². The lowest BCUT2D eigenvalue weighted by Crippen LogP contribution is -2.12. The molecular weight excluding hydrogens is 288 g/mol. The summed E-state index contributed by atoms with van der Waals surface area (Å²) in [4.78, 5) is 20.4. The van der Waals surface area contributed by atoms with Crippen LogP contribution in [0.1, 0.15) is 9.67 Å². The first-order chi connectivity index (χ1) is 10.2. The molecule has 7 heteroatoms.